The van der Waals surface area contributed by atoms with E-state index in [-0.39, 0.29) is 46.2 Å². The third-order valence-corrected chi connectivity index (χ3v) is 19.1. The molecule has 0 radical (unpaired) electrons. The molecule has 10 rings (SSSR count). The SMILES string of the molecule is C=CCO[C@H]1[C@H](OCc2ccccc2)[C@@H](OC(C)=O)[C@H](O[C@H]2[C@H](OCc3ccccc3)[C@@H](N(C(C)=O)C(C)=O)[C@@H](O[C@H]3[C@H](OCc4ccccc4)[C@@H](OC(C)=O)[C@H](O[C@H]4[C@H](OCc5ccccc5)[C@@H](N=[N+]=[N-])[C@H](OC(=N)C(Cl)(Cl)Cl)O[C@@H]4COCc4ccccc4)O[C@H]3C(=O)OC)O[C@@H]2COCc2ccccc2)O[C@H]1C(=O)OC. The number of imide groups is 1. The molecule has 20 atom stereocenters. The predicted octanol–water partition coefficient (Wildman–Crippen LogP) is 10.4. The zero-order chi connectivity index (χ0) is 81.3. The van der Waals surface area contributed by atoms with Crippen molar-refractivity contribution in [3.05, 3.63) is 238 Å². The summed E-state index contributed by atoms with van der Waals surface area (Å²) < 4.78 is 122. The molecular weight excluding hydrogens is 1550 g/mol. The molecule has 6 aromatic carbocycles. The minimum Gasteiger partial charge on any atom is -0.467 e. The van der Waals surface area contributed by atoms with E-state index in [9.17, 15) is 29.5 Å². The van der Waals surface area contributed by atoms with Crippen LogP contribution in [0.4, 0.5) is 0 Å². The second-order valence-electron chi connectivity index (χ2n) is 26.6. The number of alkyl halides is 3. The standard InChI is InChI=1S/C81H90Cl3N5O25/c1-8-39-100-66-67(103-44-56-35-23-13-24-36-56)72(105-50(4)92)78(112-70(66)74(94)96-6)110-63-59(47-99-41-53-29-17-10-18-30-53)108-77(61(89(48(2)90)49(3)91)65(63)102-43-55-33-21-12-22-34-55)111-69-68(104-45-57-37-25-14-26-38-57)73(106-51(5)93)79(113-71(69)75(95)97-7)109-62-58(46-98-40-52-27-15-9-16-28-52)107-76(114-80(85)81(82,83)84)60(87-88-86)64(62)101-42-54-31-19-11-20-32-54/h8-38,58-73,76-79,85H,1,39-47H2,2-7H3/t58-,59-,60-,61-,62-,63-,64-,65-,66+,67+,68+,69+,70-,71-,72-,73-,76+,77-,78-,79-/m1/s1. The van der Waals surface area contributed by atoms with Crippen molar-refractivity contribution in [2.75, 3.05) is 34.0 Å². The lowest BCUT2D eigenvalue weighted by atomic mass is 9.92. The minimum absolute atomic E-state index is 0.0249. The van der Waals surface area contributed by atoms with E-state index in [0.717, 1.165) is 52.4 Å². The molecule has 2 amide bonds. The molecule has 0 aromatic heterocycles. The Labute approximate surface area is 673 Å². The van der Waals surface area contributed by atoms with Gasteiger partial charge in [-0.2, -0.15) is 0 Å². The topological polar surface area (TPSA) is 354 Å². The van der Waals surface area contributed by atoms with Crippen molar-refractivity contribution in [1.82, 2.24) is 4.90 Å². The molecule has 4 aliphatic heterocycles. The number of hydrogen-bond acceptors (Lipinski definition) is 27. The van der Waals surface area contributed by atoms with Crippen LogP contribution in [0.1, 0.15) is 61.1 Å². The normalized spacial score (nSPS) is 27.4. The monoisotopic (exact) mass is 1640 g/mol. The first kappa shape index (κ1) is 87.6. The number of ether oxygens (including phenoxy) is 19. The maximum absolute atomic E-state index is 15.3. The molecule has 30 nitrogen and oxygen atoms in total. The van der Waals surface area contributed by atoms with Gasteiger partial charge in [0.1, 0.15) is 73.1 Å². The molecule has 610 valence electrons. The lowest BCUT2D eigenvalue weighted by molar-refractivity contribution is -0.381. The fourth-order valence-corrected chi connectivity index (χ4v) is 13.6. The van der Waals surface area contributed by atoms with Gasteiger partial charge in [-0.1, -0.05) is 228 Å². The van der Waals surface area contributed by atoms with Crippen molar-refractivity contribution >= 4 is 76.4 Å². The van der Waals surface area contributed by atoms with Crippen LogP contribution in [0.25, 0.3) is 10.4 Å². The van der Waals surface area contributed by atoms with Gasteiger partial charge in [0.15, 0.2) is 43.3 Å². The molecule has 0 aliphatic carbocycles. The van der Waals surface area contributed by atoms with Gasteiger partial charge in [-0.05, 0) is 38.9 Å². The van der Waals surface area contributed by atoms with Crippen LogP contribution in [0.5, 0.6) is 0 Å². The van der Waals surface area contributed by atoms with Crippen LogP contribution in [-0.2, 0) is 158 Å². The van der Waals surface area contributed by atoms with Crippen LogP contribution in [0.15, 0.2) is 200 Å². The number of esters is 4. The van der Waals surface area contributed by atoms with Gasteiger partial charge in [0, 0.05) is 32.6 Å². The van der Waals surface area contributed by atoms with Gasteiger partial charge in [0.2, 0.25) is 24.0 Å². The van der Waals surface area contributed by atoms with Crippen LogP contribution in [0.2, 0.25) is 0 Å². The van der Waals surface area contributed by atoms with Gasteiger partial charge < -0.3 is 90.0 Å². The molecule has 1 N–H and O–H groups in total. The number of halogens is 3. The van der Waals surface area contributed by atoms with E-state index in [0.29, 0.717) is 27.8 Å². The maximum atomic E-state index is 15.3. The summed E-state index contributed by atoms with van der Waals surface area (Å²) in [6.45, 7) is 6.04. The zero-order valence-electron chi connectivity index (χ0n) is 63.1. The van der Waals surface area contributed by atoms with Crippen LogP contribution >= 0.6 is 34.8 Å². The fourth-order valence-electron chi connectivity index (χ4n) is 13.5. The number of carbonyl (C=O) groups excluding carboxylic acids is 6. The Morgan fingerprint density at radius 2 is 0.807 bits per heavy atom. The van der Waals surface area contributed by atoms with Crippen LogP contribution in [-0.4, -0.2) is 207 Å². The summed E-state index contributed by atoms with van der Waals surface area (Å²) in [5.74, 6) is -6.74. The highest BCUT2D eigenvalue weighted by molar-refractivity contribution is 6.76. The first-order valence-electron chi connectivity index (χ1n) is 36.4. The lowest BCUT2D eigenvalue weighted by Crippen LogP contribution is -2.71. The van der Waals surface area contributed by atoms with Crippen molar-refractivity contribution in [3.63, 3.8) is 0 Å². The Morgan fingerprint density at radius 1 is 0.456 bits per heavy atom. The van der Waals surface area contributed by atoms with E-state index in [2.05, 4.69) is 16.6 Å². The van der Waals surface area contributed by atoms with Crippen molar-refractivity contribution in [2.45, 2.75) is 194 Å². The summed E-state index contributed by atoms with van der Waals surface area (Å²) >= 11 is 18.6. The summed E-state index contributed by atoms with van der Waals surface area (Å²) in [6, 6.07) is 49.7. The summed E-state index contributed by atoms with van der Waals surface area (Å²) in [6.07, 6.45) is -29.9. The van der Waals surface area contributed by atoms with E-state index >= 15 is 4.79 Å². The second kappa shape index (κ2) is 43.2. The quantitative estimate of drug-likeness (QED) is 0.00439. The maximum Gasteiger partial charge on any atom is 0.337 e. The number of amides is 2. The Balaban J connectivity index is 1.14. The second-order valence-corrected chi connectivity index (χ2v) is 28.9. The third-order valence-electron chi connectivity index (χ3n) is 18.6. The fraction of sp³-hybridized carbons (Fsp3) is 0.444. The molecule has 0 saturated carbocycles. The van der Waals surface area contributed by atoms with E-state index < -0.39 is 181 Å². The van der Waals surface area contributed by atoms with E-state index in [1.54, 1.807) is 158 Å². The number of rotatable bonds is 36. The molecule has 33 heteroatoms. The largest absolute Gasteiger partial charge is 0.467 e. The molecular formula is C81H90Cl3N5O25. The minimum atomic E-state index is -2.48. The summed E-state index contributed by atoms with van der Waals surface area (Å²) in [4.78, 5) is 90.8. The van der Waals surface area contributed by atoms with E-state index in [1.165, 1.54) is 6.08 Å². The van der Waals surface area contributed by atoms with Gasteiger partial charge in [-0.3, -0.25) is 29.5 Å². The average molecular weight is 1640 g/mol. The summed E-state index contributed by atoms with van der Waals surface area (Å²) in [7, 11) is 2.17. The molecule has 0 spiro atoms. The van der Waals surface area contributed by atoms with Crippen LogP contribution < -0.4 is 0 Å². The van der Waals surface area contributed by atoms with Gasteiger partial charge in [0.25, 0.3) is 3.79 Å². The molecule has 6 aromatic rings. The van der Waals surface area contributed by atoms with Crippen LogP contribution in [0.3, 0.4) is 0 Å². The molecule has 114 heavy (non-hydrogen) atoms. The highest BCUT2D eigenvalue weighted by Gasteiger charge is 2.62. The zero-order valence-corrected chi connectivity index (χ0v) is 65.4. The average Bonchev–Trinajstić information content (AvgIpc) is 0.746. The Bertz CT molecular complexity index is 4120. The number of nitrogens with one attached hydrogen (secondary N) is 1. The molecule has 4 aliphatic rings. The number of azide groups is 1. The smallest absolute Gasteiger partial charge is 0.337 e. The van der Waals surface area contributed by atoms with Gasteiger partial charge in [0.05, 0.1) is 73.7 Å². The Kier molecular flexibility index (Phi) is 33.2. The molecule has 0 unspecified atom stereocenters. The van der Waals surface area contributed by atoms with Crippen molar-refractivity contribution in [2.24, 2.45) is 5.11 Å². The highest BCUT2D eigenvalue weighted by Crippen LogP contribution is 2.42. The van der Waals surface area contributed by atoms with Crippen molar-refractivity contribution in [3.8, 4) is 0 Å². The number of nitrogens with zero attached hydrogens (tertiary/aromatic N) is 4. The van der Waals surface area contributed by atoms with Gasteiger partial charge in [-0.25, -0.2) is 9.59 Å². The molecule has 4 fully saturated rings. The van der Waals surface area contributed by atoms with Gasteiger partial charge in [-0.15, -0.1) is 6.58 Å². The summed E-state index contributed by atoms with van der Waals surface area (Å²) in [5.41, 5.74) is 14.1. The predicted molar refractivity (Wildman–Crippen MR) is 406 cm³/mol. The first-order valence-corrected chi connectivity index (χ1v) is 37.5. The third kappa shape index (κ3) is 23.9. The van der Waals surface area contributed by atoms with Crippen molar-refractivity contribution in [1.29, 1.82) is 5.41 Å². The van der Waals surface area contributed by atoms with Crippen molar-refractivity contribution < 1.29 is 119 Å². The number of methoxy groups -OCH3 is 2. The van der Waals surface area contributed by atoms with E-state index in [4.69, 9.17) is 130 Å². The van der Waals surface area contributed by atoms with Gasteiger partial charge >= 0.3 is 23.9 Å². The Hall–Kier alpha value is -8.83. The molecule has 0 bridgehead atoms. The first-order chi connectivity index (χ1) is 55.1. The lowest BCUT2D eigenvalue weighted by Gasteiger charge is -2.53. The Morgan fingerprint density at radius 3 is 1.18 bits per heavy atom. The highest BCUT2D eigenvalue weighted by atomic mass is 35.6. The molecule has 4 saturated heterocycles. The molecule has 4 heterocycles. The van der Waals surface area contributed by atoms with Crippen LogP contribution in [0, 0.1) is 5.41 Å². The summed E-state index contributed by atoms with van der Waals surface area (Å²) in [5, 5.41) is 12.8. The number of benzene rings is 6. The number of carbonyl (C=O) groups is 6. The number of hydrogen-bond donors (Lipinski definition) is 1. The van der Waals surface area contributed by atoms with E-state index in [1.807, 2.05) is 24.3 Å².